The van der Waals surface area contributed by atoms with E-state index in [1.807, 2.05) is 11.3 Å². The molecule has 1 aliphatic carbocycles. The second-order valence-corrected chi connectivity index (χ2v) is 14.6. The number of hydrogen-bond donors (Lipinski definition) is 1. The van der Waals surface area contributed by atoms with E-state index >= 15 is 0 Å². The molecular formula is C36H39NS. The summed E-state index contributed by atoms with van der Waals surface area (Å²) in [5.74, 6) is 0. The van der Waals surface area contributed by atoms with E-state index in [0.29, 0.717) is 0 Å². The summed E-state index contributed by atoms with van der Waals surface area (Å²) in [5.41, 5.74) is 9.73. The second kappa shape index (κ2) is 8.71. The van der Waals surface area contributed by atoms with Crippen LogP contribution in [0.25, 0.3) is 31.3 Å². The van der Waals surface area contributed by atoms with Gasteiger partial charge in [0.2, 0.25) is 0 Å². The minimum Gasteiger partial charge on any atom is -0.355 e. The van der Waals surface area contributed by atoms with Crippen molar-refractivity contribution >= 4 is 42.9 Å². The SMILES string of the molecule is CC(C)(C)c1ccc(Nc2ccc3c(c2)sc2cc4c(cc23)C(C)(C)CCC4(C)C)c(-c2ccccc2)c1. The molecule has 0 amide bonds. The predicted molar refractivity (Wildman–Crippen MR) is 168 cm³/mol. The van der Waals surface area contributed by atoms with Crippen LogP contribution in [0, 0.1) is 0 Å². The molecule has 194 valence electrons. The predicted octanol–water partition coefficient (Wildman–Crippen LogP) is 11.1. The van der Waals surface area contributed by atoms with Crippen molar-refractivity contribution in [3.63, 3.8) is 0 Å². The Kier molecular flexibility index (Phi) is 5.78. The van der Waals surface area contributed by atoms with Gasteiger partial charge in [-0.2, -0.15) is 0 Å². The fourth-order valence-electron chi connectivity index (χ4n) is 6.05. The molecule has 1 aromatic heterocycles. The molecule has 0 unspecified atom stereocenters. The first-order valence-electron chi connectivity index (χ1n) is 13.9. The molecule has 0 atom stereocenters. The third-order valence-corrected chi connectivity index (χ3v) is 9.81. The van der Waals surface area contributed by atoms with Crippen molar-refractivity contribution in [2.24, 2.45) is 0 Å². The maximum Gasteiger partial charge on any atom is 0.0464 e. The van der Waals surface area contributed by atoms with Gasteiger partial charge in [0.25, 0.3) is 0 Å². The number of thiophene rings is 1. The van der Waals surface area contributed by atoms with Crippen LogP contribution in [0.4, 0.5) is 11.4 Å². The lowest BCUT2D eigenvalue weighted by molar-refractivity contribution is 0.332. The van der Waals surface area contributed by atoms with E-state index in [4.69, 9.17) is 0 Å². The van der Waals surface area contributed by atoms with E-state index in [1.165, 1.54) is 60.8 Å². The van der Waals surface area contributed by atoms with Crippen molar-refractivity contribution in [2.75, 3.05) is 5.32 Å². The lowest BCUT2D eigenvalue weighted by atomic mass is 9.63. The molecule has 1 N–H and O–H groups in total. The van der Waals surface area contributed by atoms with Gasteiger partial charge in [-0.25, -0.2) is 0 Å². The van der Waals surface area contributed by atoms with E-state index < -0.39 is 0 Å². The number of nitrogens with one attached hydrogen (secondary N) is 1. The third-order valence-electron chi connectivity index (χ3n) is 8.69. The largest absolute Gasteiger partial charge is 0.355 e. The van der Waals surface area contributed by atoms with Crippen LogP contribution in [0.5, 0.6) is 0 Å². The zero-order valence-corrected chi connectivity index (χ0v) is 24.6. The lowest BCUT2D eigenvalue weighted by Crippen LogP contribution is -2.33. The lowest BCUT2D eigenvalue weighted by Gasteiger charge is -2.41. The molecular weight excluding hydrogens is 478 g/mol. The van der Waals surface area contributed by atoms with Gasteiger partial charge >= 0.3 is 0 Å². The molecule has 1 nitrogen and oxygen atoms in total. The monoisotopic (exact) mass is 517 g/mol. The minimum atomic E-state index is 0.0976. The Balaban J connectivity index is 1.44. The average Bonchev–Trinajstić information content (AvgIpc) is 3.23. The number of fused-ring (bicyclic) bond motifs is 4. The van der Waals surface area contributed by atoms with Crippen LogP contribution in [-0.4, -0.2) is 0 Å². The van der Waals surface area contributed by atoms with Crippen LogP contribution in [0.15, 0.2) is 78.9 Å². The standard InChI is InChI=1S/C36H39NS/c1-34(2,3)24-13-16-31(27(19-24)23-11-9-8-10-12-23)37-25-14-15-26-28-21-29-30(22-33(28)38-32(26)20-25)36(6,7)18-17-35(29,4)5/h8-16,19-22,37H,17-18H2,1-7H3. The summed E-state index contributed by atoms with van der Waals surface area (Å²) in [6.07, 6.45) is 2.49. The van der Waals surface area contributed by atoms with E-state index in [1.54, 1.807) is 0 Å². The molecule has 1 heterocycles. The van der Waals surface area contributed by atoms with Gasteiger partial charge < -0.3 is 5.32 Å². The van der Waals surface area contributed by atoms with Crippen LogP contribution in [0.1, 0.15) is 78.0 Å². The van der Waals surface area contributed by atoms with Crippen molar-refractivity contribution in [2.45, 2.75) is 77.6 Å². The molecule has 5 aromatic rings. The molecule has 0 saturated carbocycles. The van der Waals surface area contributed by atoms with Crippen LogP contribution >= 0.6 is 11.3 Å². The molecule has 0 aliphatic heterocycles. The fraction of sp³-hybridized carbons (Fsp3) is 0.333. The second-order valence-electron chi connectivity index (χ2n) is 13.5. The highest BCUT2D eigenvalue weighted by molar-refractivity contribution is 7.25. The summed E-state index contributed by atoms with van der Waals surface area (Å²) in [4.78, 5) is 0. The highest BCUT2D eigenvalue weighted by atomic mass is 32.1. The Labute approximate surface area is 231 Å². The molecule has 0 spiro atoms. The summed E-state index contributed by atoms with van der Waals surface area (Å²) in [6, 6.07) is 29.5. The highest BCUT2D eigenvalue weighted by Gasteiger charge is 2.37. The van der Waals surface area contributed by atoms with Crippen molar-refractivity contribution in [1.29, 1.82) is 0 Å². The molecule has 0 fully saturated rings. The zero-order chi connectivity index (χ0) is 26.9. The smallest absolute Gasteiger partial charge is 0.0464 e. The summed E-state index contributed by atoms with van der Waals surface area (Å²) >= 11 is 1.93. The number of rotatable bonds is 3. The number of benzene rings is 4. The first kappa shape index (κ1) is 25.2. The molecule has 0 bridgehead atoms. The Morgan fingerprint density at radius 3 is 2.03 bits per heavy atom. The van der Waals surface area contributed by atoms with Gasteiger partial charge in [0, 0.05) is 37.1 Å². The van der Waals surface area contributed by atoms with Crippen molar-refractivity contribution in [3.05, 3.63) is 95.6 Å². The Morgan fingerprint density at radius 2 is 1.34 bits per heavy atom. The van der Waals surface area contributed by atoms with E-state index in [9.17, 15) is 0 Å². The van der Waals surface area contributed by atoms with E-state index in [2.05, 4.69) is 133 Å². The fourth-order valence-corrected chi connectivity index (χ4v) is 7.21. The molecule has 38 heavy (non-hydrogen) atoms. The summed E-state index contributed by atoms with van der Waals surface area (Å²) in [6.45, 7) is 16.5. The number of anilines is 2. The van der Waals surface area contributed by atoms with Crippen LogP contribution < -0.4 is 5.32 Å². The van der Waals surface area contributed by atoms with Crippen molar-refractivity contribution in [1.82, 2.24) is 0 Å². The van der Waals surface area contributed by atoms with Crippen molar-refractivity contribution in [3.8, 4) is 11.1 Å². The highest BCUT2D eigenvalue weighted by Crippen LogP contribution is 2.49. The Morgan fingerprint density at radius 1 is 0.684 bits per heavy atom. The molecule has 2 heteroatoms. The van der Waals surface area contributed by atoms with Crippen molar-refractivity contribution < 1.29 is 0 Å². The van der Waals surface area contributed by atoms with Gasteiger partial charge in [-0.1, -0.05) is 90.9 Å². The van der Waals surface area contributed by atoms with E-state index in [0.717, 1.165) is 11.4 Å². The summed E-state index contributed by atoms with van der Waals surface area (Å²) in [5, 5.41) is 6.54. The Hall–Kier alpha value is -3.10. The maximum absolute atomic E-state index is 3.77. The van der Waals surface area contributed by atoms with Gasteiger partial charge in [-0.15, -0.1) is 11.3 Å². The molecule has 4 aromatic carbocycles. The van der Waals surface area contributed by atoms with Gasteiger partial charge in [0.05, 0.1) is 0 Å². The van der Waals surface area contributed by atoms with Gasteiger partial charge in [0.1, 0.15) is 0 Å². The quantitative estimate of drug-likeness (QED) is 0.251. The molecule has 1 aliphatic rings. The Bertz CT molecular complexity index is 1660. The normalized spacial score (nSPS) is 16.5. The maximum atomic E-state index is 3.77. The van der Waals surface area contributed by atoms with Crippen LogP contribution in [0.3, 0.4) is 0 Å². The van der Waals surface area contributed by atoms with Gasteiger partial charge in [-0.3, -0.25) is 0 Å². The summed E-state index contributed by atoms with van der Waals surface area (Å²) in [7, 11) is 0. The first-order valence-corrected chi connectivity index (χ1v) is 14.7. The van der Waals surface area contributed by atoms with Crippen LogP contribution in [-0.2, 0) is 16.2 Å². The topological polar surface area (TPSA) is 12.0 Å². The van der Waals surface area contributed by atoms with Gasteiger partial charge in [-0.05, 0) is 87.7 Å². The van der Waals surface area contributed by atoms with E-state index in [-0.39, 0.29) is 16.2 Å². The number of hydrogen-bond acceptors (Lipinski definition) is 2. The van der Waals surface area contributed by atoms with Gasteiger partial charge in [0.15, 0.2) is 0 Å². The first-order chi connectivity index (χ1) is 17.9. The summed E-state index contributed by atoms with van der Waals surface area (Å²) < 4.78 is 2.75. The molecule has 0 saturated heterocycles. The molecule has 0 radical (unpaired) electrons. The average molecular weight is 518 g/mol. The minimum absolute atomic E-state index is 0.0976. The third kappa shape index (κ3) is 4.33. The zero-order valence-electron chi connectivity index (χ0n) is 23.8. The van der Waals surface area contributed by atoms with Crippen LogP contribution in [0.2, 0.25) is 0 Å². The molecule has 6 rings (SSSR count).